The number of hydrogen-bond acceptors (Lipinski definition) is 6. The van der Waals surface area contributed by atoms with E-state index < -0.39 is 17.1 Å². The van der Waals surface area contributed by atoms with Crippen molar-refractivity contribution >= 4 is 75.3 Å². The maximum atomic E-state index is 12.8. The summed E-state index contributed by atoms with van der Waals surface area (Å²) in [5.41, 5.74) is 2.80. The normalized spacial score (nSPS) is 14.9. The second-order valence-electron chi connectivity index (χ2n) is 7.33. The number of carbonyl (C=O) groups is 3. The van der Waals surface area contributed by atoms with Gasteiger partial charge in [0.25, 0.3) is 11.1 Å². The molecule has 0 radical (unpaired) electrons. The number of thiophene rings is 1. The Morgan fingerprint density at radius 1 is 1.06 bits per heavy atom. The summed E-state index contributed by atoms with van der Waals surface area (Å²) < 4.78 is 1.05. The first-order valence-electron chi connectivity index (χ1n) is 9.94. The van der Waals surface area contributed by atoms with Gasteiger partial charge in [-0.3, -0.25) is 19.3 Å². The minimum Gasteiger partial charge on any atom is -0.325 e. The van der Waals surface area contributed by atoms with Gasteiger partial charge in [-0.25, -0.2) is 0 Å². The molecule has 1 aromatic heterocycles. The topological polar surface area (TPSA) is 66.5 Å². The number of anilines is 1. The van der Waals surface area contributed by atoms with E-state index >= 15 is 0 Å². The van der Waals surface area contributed by atoms with Gasteiger partial charge in [0, 0.05) is 20.5 Å². The maximum Gasteiger partial charge on any atom is 0.294 e. The predicted octanol–water partition coefficient (Wildman–Crippen LogP) is 6.84. The average Bonchev–Trinajstić information content (AvgIpc) is 3.32. The fraction of sp³-hybridized carbons (Fsp3) is 0.125. The van der Waals surface area contributed by atoms with Crippen molar-refractivity contribution in [1.82, 2.24) is 4.90 Å². The Morgan fingerprint density at radius 3 is 2.55 bits per heavy atom. The lowest BCUT2D eigenvalue weighted by molar-refractivity contribution is -0.127. The number of aryl methyl sites for hydroxylation is 2. The monoisotopic (exact) mass is 514 g/mol. The molecule has 1 aliphatic heterocycles. The lowest BCUT2D eigenvalue weighted by Crippen LogP contribution is -2.36. The first-order valence-corrected chi connectivity index (χ1v) is 12.8. The van der Waals surface area contributed by atoms with Crippen molar-refractivity contribution < 1.29 is 14.4 Å². The van der Waals surface area contributed by atoms with E-state index in [0.29, 0.717) is 15.6 Å². The first kappa shape index (κ1) is 23.6. The predicted molar refractivity (Wildman–Crippen MR) is 137 cm³/mol. The van der Waals surface area contributed by atoms with Crippen LogP contribution in [0.4, 0.5) is 10.5 Å². The maximum absolute atomic E-state index is 12.8. The standard InChI is InChI=1S/C24H19ClN2O3S3/c1-14-3-6-17(11-15(14)2)26-21(28)13-27-23(29)20(33-24(27)30)12-19-9-10-22(32-19)31-18-7-4-16(25)5-8-18/h3-12H,13H2,1-2H3,(H,26,28)/b20-12-. The minimum atomic E-state index is -0.458. The molecule has 0 unspecified atom stereocenters. The van der Waals surface area contributed by atoms with Gasteiger partial charge >= 0.3 is 0 Å². The zero-order valence-electron chi connectivity index (χ0n) is 17.8. The summed E-state index contributed by atoms with van der Waals surface area (Å²) in [5.74, 6) is -0.875. The van der Waals surface area contributed by atoms with Crippen molar-refractivity contribution in [2.45, 2.75) is 23.0 Å². The molecular formula is C24H19ClN2O3S3. The van der Waals surface area contributed by atoms with Gasteiger partial charge in [-0.05, 0) is 91.3 Å². The van der Waals surface area contributed by atoms with Gasteiger partial charge in [-0.15, -0.1) is 11.3 Å². The van der Waals surface area contributed by atoms with E-state index in [2.05, 4.69) is 5.32 Å². The van der Waals surface area contributed by atoms with Crippen molar-refractivity contribution in [1.29, 1.82) is 0 Å². The zero-order chi connectivity index (χ0) is 23.5. The Hall–Kier alpha value is -2.52. The molecule has 33 heavy (non-hydrogen) atoms. The largest absolute Gasteiger partial charge is 0.325 e. The van der Waals surface area contributed by atoms with Crippen LogP contribution in [0, 0.1) is 13.8 Å². The molecule has 1 saturated heterocycles. The van der Waals surface area contributed by atoms with Gasteiger partial charge in [0.05, 0.1) is 9.11 Å². The molecule has 168 valence electrons. The molecular weight excluding hydrogens is 496 g/mol. The third kappa shape index (κ3) is 5.89. The van der Waals surface area contributed by atoms with Crippen molar-refractivity contribution in [3.63, 3.8) is 0 Å². The molecule has 2 heterocycles. The molecule has 1 N–H and O–H groups in total. The molecule has 0 aliphatic carbocycles. The van der Waals surface area contributed by atoms with E-state index in [9.17, 15) is 14.4 Å². The SMILES string of the molecule is Cc1ccc(NC(=O)CN2C(=O)S/C(=C\c3ccc(Sc4ccc(Cl)cc4)s3)C2=O)cc1C. The highest BCUT2D eigenvalue weighted by Crippen LogP contribution is 2.37. The van der Waals surface area contributed by atoms with Crippen LogP contribution in [0.25, 0.3) is 6.08 Å². The Labute approximate surface area is 209 Å². The van der Waals surface area contributed by atoms with E-state index in [-0.39, 0.29) is 6.54 Å². The molecule has 2 aromatic carbocycles. The third-order valence-electron chi connectivity index (χ3n) is 4.87. The summed E-state index contributed by atoms with van der Waals surface area (Å²) in [6, 6.07) is 17.0. The van der Waals surface area contributed by atoms with E-state index in [4.69, 9.17) is 11.6 Å². The first-order chi connectivity index (χ1) is 15.8. The molecule has 1 fully saturated rings. The summed E-state index contributed by atoms with van der Waals surface area (Å²) >= 11 is 9.89. The van der Waals surface area contributed by atoms with Gasteiger partial charge in [-0.1, -0.05) is 29.4 Å². The lowest BCUT2D eigenvalue weighted by atomic mass is 10.1. The smallest absolute Gasteiger partial charge is 0.294 e. The molecule has 3 aromatic rings. The highest BCUT2D eigenvalue weighted by molar-refractivity contribution is 8.18. The molecule has 4 rings (SSSR count). The number of thioether (sulfide) groups is 1. The molecule has 9 heteroatoms. The molecule has 0 atom stereocenters. The van der Waals surface area contributed by atoms with Gasteiger partial charge < -0.3 is 5.32 Å². The number of rotatable bonds is 6. The van der Waals surface area contributed by atoms with Crippen LogP contribution < -0.4 is 5.32 Å². The number of hydrogen-bond donors (Lipinski definition) is 1. The van der Waals surface area contributed by atoms with E-state index in [0.717, 1.165) is 41.8 Å². The Bertz CT molecular complexity index is 1270. The van der Waals surface area contributed by atoms with Crippen LogP contribution in [0.5, 0.6) is 0 Å². The summed E-state index contributed by atoms with van der Waals surface area (Å²) in [6.07, 6.45) is 1.70. The number of benzene rings is 2. The second kappa shape index (κ2) is 10.2. The van der Waals surface area contributed by atoms with Gasteiger partial charge in [-0.2, -0.15) is 0 Å². The lowest BCUT2D eigenvalue weighted by Gasteiger charge is -2.13. The van der Waals surface area contributed by atoms with Crippen LogP contribution in [0.1, 0.15) is 16.0 Å². The van der Waals surface area contributed by atoms with Crippen molar-refractivity contribution in [3.8, 4) is 0 Å². The van der Waals surface area contributed by atoms with E-state index in [1.165, 1.54) is 11.3 Å². The molecule has 5 nitrogen and oxygen atoms in total. The van der Waals surface area contributed by atoms with Crippen LogP contribution in [-0.4, -0.2) is 28.5 Å². The Balaban J connectivity index is 1.40. The number of carbonyl (C=O) groups excluding carboxylic acids is 3. The highest BCUT2D eigenvalue weighted by Gasteiger charge is 2.36. The molecule has 0 saturated carbocycles. The minimum absolute atomic E-state index is 0.309. The average molecular weight is 515 g/mol. The van der Waals surface area contributed by atoms with Gasteiger partial charge in [0.15, 0.2) is 0 Å². The number of imide groups is 1. The van der Waals surface area contributed by atoms with Crippen LogP contribution in [-0.2, 0) is 9.59 Å². The Morgan fingerprint density at radius 2 is 1.82 bits per heavy atom. The van der Waals surface area contributed by atoms with Crippen LogP contribution in [0.2, 0.25) is 5.02 Å². The van der Waals surface area contributed by atoms with Gasteiger partial charge in [0.1, 0.15) is 6.54 Å². The summed E-state index contributed by atoms with van der Waals surface area (Å²) in [5, 5.41) is 2.98. The molecule has 0 spiro atoms. The summed E-state index contributed by atoms with van der Waals surface area (Å²) in [6.45, 7) is 3.62. The summed E-state index contributed by atoms with van der Waals surface area (Å²) in [4.78, 5) is 40.8. The second-order valence-corrected chi connectivity index (χ2v) is 11.2. The van der Waals surface area contributed by atoms with Crippen LogP contribution >= 0.6 is 46.5 Å². The fourth-order valence-electron chi connectivity index (χ4n) is 3.01. The molecule has 0 bridgehead atoms. The zero-order valence-corrected chi connectivity index (χ0v) is 21.0. The number of nitrogens with zero attached hydrogens (tertiary/aromatic N) is 1. The van der Waals surface area contributed by atoms with Crippen molar-refractivity contribution in [2.24, 2.45) is 0 Å². The summed E-state index contributed by atoms with van der Waals surface area (Å²) in [7, 11) is 0. The van der Waals surface area contributed by atoms with Gasteiger partial charge in [0.2, 0.25) is 5.91 Å². The van der Waals surface area contributed by atoms with Crippen molar-refractivity contribution in [3.05, 3.63) is 80.5 Å². The molecule has 3 amide bonds. The van der Waals surface area contributed by atoms with Crippen LogP contribution in [0.3, 0.4) is 0 Å². The third-order valence-corrected chi connectivity index (χ3v) is 8.20. The van der Waals surface area contributed by atoms with E-state index in [1.807, 2.05) is 62.4 Å². The van der Waals surface area contributed by atoms with Crippen molar-refractivity contribution in [2.75, 3.05) is 11.9 Å². The quantitative estimate of drug-likeness (QED) is 0.364. The molecule has 1 aliphatic rings. The highest BCUT2D eigenvalue weighted by atomic mass is 35.5. The number of nitrogens with one attached hydrogen (secondary N) is 1. The number of amides is 3. The van der Waals surface area contributed by atoms with Crippen LogP contribution in [0.15, 0.2) is 68.6 Å². The number of halogens is 1. The fourth-order valence-corrected chi connectivity index (χ4v) is 6.11. The van der Waals surface area contributed by atoms with E-state index in [1.54, 1.807) is 23.9 Å². The Kier molecular flexibility index (Phi) is 7.29.